The van der Waals surface area contributed by atoms with Crippen LogP contribution in [0.25, 0.3) is 0 Å². The SMILES string of the molecule is C=CCNC(=O)C(Cc1ccccc1)N(Cc1ccccc1)C(=O)COc1ccccc1Cl. The molecule has 33 heavy (non-hydrogen) atoms. The lowest BCUT2D eigenvalue weighted by Gasteiger charge is -2.31. The molecule has 0 aliphatic rings. The molecule has 0 aliphatic carbocycles. The van der Waals surface area contributed by atoms with Crippen molar-refractivity contribution >= 4 is 23.4 Å². The molecular formula is C27H27ClN2O3. The fourth-order valence-electron chi connectivity index (χ4n) is 3.41. The van der Waals surface area contributed by atoms with Gasteiger partial charge in [-0.25, -0.2) is 0 Å². The van der Waals surface area contributed by atoms with E-state index in [1.165, 1.54) is 0 Å². The number of halogens is 1. The second-order valence-electron chi connectivity index (χ2n) is 7.47. The molecule has 5 nitrogen and oxygen atoms in total. The van der Waals surface area contributed by atoms with Crippen LogP contribution in [0.5, 0.6) is 5.75 Å². The van der Waals surface area contributed by atoms with Gasteiger partial charge in [0.25, 0.3) is 5.91 Å². The first kappa shape index (κ1) is 24.1. The number of hydrogen-bond donors (Lipinski definition) is 1. The minimum absolute atomic E-state index is 0.239. The predicted octanol–water partition coefficient (Wildman–Crippen LogP) is 4.66. The summed E-state index contributed by atoms with van der Waals surface area (Å²) in [6, 6.07) is 25.5. The fraction of sp³-hybridized carbons (Fsp3) is 0.185. The summed E-state index contributed by atoms with van der Waals surface area (Å²) in [4.78, 5) is 28.1. The van der Waals surface area contributed by atoms with Gasteiger partial charge >= 0.3 is 0 Å². The monoisotopic (exact) mass is 462 g/mol. The number of nitrogens with one attached hydrogen (secondary N) is 1. The van der Waals surface area contributed by atoms with E-state index in [-0.39, 0.29) is 25.0 Å². The van der Waals surface area contributed by atoms with Gasteiger partial charge in [-0.05, 0) is 23.3 Å². The number of amides is 2. The molecule has 1 atom stereocenters. The molecule has 3 rings (SSSR count). The molecule has 3 aromatic rings. The zero-order valence-corrected chi connectivity index (χ0v) is 19.1. The Kier molecular flexibility index (Phi) is 9.09. The topological polar surface area (TPSA) is 58.6 Å². The summed E-state index contributed by atoms with van der Waals surface area (Å²) in [5.74, 6) is -0.142. The van der Waals surface area contributed by atoms with Gasteiger partial charge in [-0.3, -0.25) is 9.59 Å². The maximum atomic E-state index is 13.4. The summed E-state index contributed by atoms with van der Waals surface area (Å²) < 4.78 is 5.71. The lowest BCUT2D eigenvalue weighted by Crippen LogP contribution is -2.51. The zero-order chi connectivity index (χ0) is 23.5. The summed E-state index contributed by atoms with van der Waals surface area (Å²) in [6.07, 6.45) is 1.98. The van der Waals surface area contributed by atoms with Gasteiger partial charge < -0.3 is 15.0 Å². The highest BCUT2D eigenvalue weighted by Crippen LogP contribution is 2.23. The molecule has 0 saturated heterocycles. The Balaban J connectivity index is 1.88. The largest absolute Gasteiger partial charge is 0.482 e. The van der Waals surface area contributed by atoms with E-state index < -0.39 is 6.04 Å². The average molecular weight is 463 g/mol. The lowest BCUT2D eigenvalue weighted by molar-refractivity contribution is -0.142. The third kappa shape index (κ3) is 7.22. The molecule has 0 heterocycles. The number of carbonyl (C=O) groups excluding carboxylic acids is 2. The molecule has 0 bridgehead atoms. The molecule has 0 aliphatic heterocycles. The molecule has 2 amide bonds. The van der Waals surface area contributed by atoms with Gasteiger partial charge in [-0.2, -0.15) is 0 Å². The second kappa shape index (κ2) is 12.5. The lowest BCUT2D eigenvalue weighted by atomic mass is 10.0. The van der Waals surface area contributed by atoms with E-state index in [9.17, 15) is 9.59 Å². The van der Waals surface area contributed by atoms with Crippen molar-refractivity contribution in [1.29, 1.82) is 0 Å². The van der Waals surface area contributed by atoms with Crippen LogP contribution < -0.4 is 10.1 Å². The van der Waals surface area contributed by atoms with Crippen molar-refractivity contribution in [3.63, 3.8) is 0 Å². The Bertz CT molecular complexity index is 1060. The molecule has 1 unspecified atom stereocenters. The quantitative estimate of drug-likeness (QED) is 0.421. The van der Waals surface area contributed by atoms with Crippen LogP contribution in [0.4, 0.5) is 0 Å². The van der Waals surface area contributed by atoms with E-state index in [2.05, 4.69) is 11.9 Å². The van der Waals surface area contributed by atoms with Gasteiger partial charge in [-0.15, -0.1) is 6.58 Å². The standard InChI is InChI=1S/C27H27ClN2O3/c1-2-17-29-27(32)24(18-21-11-5-3-6-12-21)30(19-22-13-7-4-8-14-22)26(31)20-33-25-16-10-9-15-23(25)28/h2-16,24H,1,17-20H2,(H,29,32). The summed E-state index contributed by atoms with van der Waals surface area (Å²) in [6.45, 7) is 4.01. The van der Waals surface area contributed by atoms with E-state index in [4.69, 9.17) is 16.3 Å². The molecule has 1 N–H and O–H groups in total. The van der Waals surface area contributed by atoms with Gasteiger partial charge in [0.2, 0.25) is 5.91 Å². The first-order valence-electron chi connectivity index (χ1n) is 10.7. The molecule has 6 heteroatoms. The highest BCUT2D eigenvalue weighted by molar-refractivity contribution is 6.32. The number of hydrogen-bond acceptors (Lipinski definition) is 3. The van der Waals surface area contributed by atoms with E-state index in [0.717, 1.165) is 11.1 Å². The first-order valence-corrected chi connectivity index (χ1v) is 11.1. The minimum atomic E-state index is -0.727. The van der Waals surface area contributed by atoms with Crippen molar-refractivity contribution in [3.8, 4) is 5.75 Å². The van der Waals surface area contributed by atoms with E-state index in [0.29, 0.717) is 23.7 Å². The molecular weight excluding hydrogens is 436 g/mol. The molecule has 3 aromatic carbocycles. The van der Waals surface area contributed by atoms with Crippen LogP contribution in [0.1, 0.15) is 11.1 Å². The van der Waals surface area contributed by atoms with Crippen LogP contribution >= 0.6 is 11.6 Å². The average Bonchev–Trinajstić information content (AvgIpc) is 2.85. The van der Waals surface area contributed by atoms with Crippen molar-refractivity contribution in [2.45, 2.75) is 19.0 Å². The highest BCUT2D eigenvalue weighted by Gasteiger charge is 2.30. The number of para-hydroxylation sites is 1. The van der Waals surface area contributed by atoms with E-state index in [1.807, 2.05) is 60.7 Å². The fourth-order valence-corrected chi connectivity index (χ4v) is 3.60. The Morgan fingerprint density at radius 1 is 0.939 bits per heavy atom. The summed E-state index contributed by atoms with van der Waals surface area (Å²) >= 11 is 6.17. The van der Waals surface area contributed by atoms with Crippen molar-refractivity contribution in [2.75, 3.05) is 13.2 Å². The van der Waals surface area contributed by atoms with Gasteiger partial charge in [0.05, 0.1) is 5.02 Å². The first-order chi connectivity index (χ1) is 16.1. The van der Waals surface area contributed by atoms with Crippen LogP contribution in [0.3, 0.4) is 0 Å². The smallest absolute Gasteiger partial charge is 0.261 e. The van der Waals surface area contributed by atoms with Gasteiger partial charge in [0.1, 0.15) is 11.8 Å². The molecule has 170 valence electrons. The molecule has 0 fully saturated rings. The Morgan fingerprint density at radius 2 is 1.55 bits per heavy atom. The molecule has 0 radical (unpaired) electrons. The van der Waals surface area contributed by atoms with Gasteiger partial charge in [0.15, 0.2) is 6.61 Å². The number of ether oxygens (including phenoxy) is 1. The van der Waals surface area contributed by atoms with E-state index in [1.54, 1.807) is 35.2 Å². The maximum Gasteiger partial charge on any atom is 0.261 e. The number of carbonyl (C=O) groups is 2. The summed E-state index contributed by atoms with van der Waals surface area (Å²) in [5.41, 5.74) is 1.87. The number of rotatable bonds is 11. The third-order valence-corrected chi connectivity index (χ3v) is 5.39. The summed E-state index contributed by atoms with van der Waals surface area (Å²) in [7, 11) is 0. The van der Waals surface area contributed by atoms with Crippen molar-refractivity contribution in [3.05, 3.63) is 114 Å². The number of benzene rings is 3. The summed E-state index contributed by atoms with van der Waals surface area (Å²) in [5, 5.41) is 3.26. The Hall–Kier alpha value is -3.57. The van der Waals surface area contributed by atoms with Crippen LogP contribution in [0.2, 0.25) is 5.02 Å². The van der Waals surface area contributed by atoms with Crippen LogP contribution in [0.15, 0.2) is 97.6 Å². The van der Waals surface area contributed by atoms with Gasteiger partial charge in [-0.1, -0.05) is 90.5 Å². The maximum absolute atomic E-state index is 13.4. The minimum Gasteiger partial charge on any atom is -0.482 e. The number of nitrogens with zero attached hydrogens (tertiary/aromatic N) is 1. The van der Waals surface area contributed by atoms with Crippen molar-refractivity contribution < 1.29 is 14.3 Å². The normalized spacial score (nSPS) is 11.3. The molecule has 0 aromatic heterocycles. The van der Waals surface area contributed by atoms with Crippen molar-refractivity contribution in [2.24, 2.45) is 0 Å². The zero-order valence-electron chi connectivity index (χ0n) is 18.3. The van der Waals surface area contributed by atoms with E-state index >= 15 is 0 Å². The second-order valence-corrected chi connectivity index (χ2v) is 7.87. The third-order valence-electron chi connectivity index (χ3n) is 5.08. The van der Waals surface area contributed by atoms with Gasteiger partial charge in [0, 0.05) is 19.5 Å². The predicted molar refractivity (Wildman–Crippen MR) is 131 cm³/mol. The molecule has 0 saturated carbocycles. The molecule has 0 spiro atoms. The van der Waals surface area contributed by atoms with Crippen LogP contribution in [0, 0.1) is 0 Å². The van der Waals surface area contributed by atoms with Crippen LogP contribution in [-0.4, -0.2) is 35.9 Å². The highest BCUT2D eigenvalue weighted by atomic mass is 35.5. The Morgan fingerprint density at radius 3 is 2.18 bits per heavy atom. The van der Waals surface area contributed by atoms with Crippen LogP contribution in [-0.2, 0) is 22.6 Å². The van der Waals surface area contributed by atoms with Crippen molar-refractivity contribution in [1.82, 2.24) is 10.2 Å². The Labute approximate surface area is 199 Å².